The summed E-state index contributed by atoms with van der Waals surface area (Å²) < 4.78 is 8.42. The highest BCUT2D eigenvalue weighted by Crippen LogP contribution is 2.29. The van der Waals surface area contributed by atoms with E-state index >= 15 is 0 Å². The quantitative estimate of drug-likeness (QED) is 0.858. The first-order valence-electron chi connectivity index (χ1n) is 8.81. The fraction of sp³-hybridized carbons (Fsp3) is 0.526. The Morgan fingerprint density at radius 1 is 1.12 bits per heavy atom. The van der Waals surface area contributed by atoms with Crippen molar-refractivity contribution in [1.82, 2.24) is 19.4 Å². The molecule has 1 spiro atoms. The zero-order valence-electron chi connectivity index (χ0n) is 14.4. The van der Waals surface area contributed by atoms with E-state index in [0.29, 0.717) is 0 Å². The molecule has 2 aliphatic heterocycles. The van der Waals surface area contributed by atoms with Crippen molar-refractivity contribution in [3.05, 3.63) is 54.1 Å². The van der Waals surface area contributed by atoms with Gasteiger partial charge in [0.25, 0.3) is 0 Å². The Morgan fingerprint density at radius 2 is 2.00 bits per heavy atom. The predicted molar refractivity (Wildman–Crippen MR) is 93.8 cm³/mol. The Labute approximate surface area is 143 Å². The Morgan fingerprint density at radius 3 is 2.83 bits per heavy atom. The van der Waals surface area contributed by atoms with Gasteiger partial charge in [0.15, 0.2) is 0 Å². The zero-order chi connectivity index (χ0) is 16.4. The molecule has 5 nitrogen and oxygen atoms in total. The van der Waals surface area contributed by atoms with Gasteiger partial charge in [-0.2, -0.15) is 0 Å². The summed E-state index contributed by atoms with van der Waals surface area (Å²) in [6.45, 7) is 6.82. The number of hydrogen-bond donors (Lipinski definition) is 0. The highest BCUT2D eigenvalue weighted by atomic mass is 16.5. The largest absolute Gasteiger partial charge is 0.371 e. The lowest BCUT2D eigenvalue weighted by Crippen LogP contribution is -2.51. The highest BCUT2D eigenvalue weighted by Gasteiger charge is 2.42. The molecule has 3 heterocycles. The van der Waals surface area contributed by atoms with Crippen LogP contribution in [0.15, 0.2) is 42.7 Å². The smallest absolute Gasteiger partial charge is 0.123 e. The molecule has 5 heteroatoms. The van der Waals surface area contributed by atoms with E-state index in [-0.39, 0.29) is 5.60 Å². The average Bonchev–Trinajstić information content (AvgIpc) is 3.16. The number of ether oxygens (including phenoxy) is 1. The second kappa shape index (κ2) is 6.67. The second-order valence-electron chi connectivity index (χ2n) is 7.19. The molecule has 24 heavy (non-hydrogen) atoms. The normalized spacial score (nSPS) is 25.5. The molecule has 0 amide bonds. The molecule has 0 bridgehead atoms. The van der Waals surface area contributed by atoms with Crippen LogP contribution in [0.5, 0.6) is 0 Å². The minimum absolute atomic E-state index is 0.0316. The van der Waals surface area contributed by atoms with Gasteiger partial charge in [0.05, 0.1) is 18.8 Å². The van der Waals surface area contributed by atoms with Crippen molar-refractivity contribution in [2.24, 2.45) is 0 Å². The van der Waals surface area contributed by atoms with Crippen LogP contribution in [-0.4, -0.2) is 64.8 Å². The first kappa shape index (κ1) is 15.8. The topological polar surface area (TPSA) is 33.5 Å². The number of likely N-dealkylation sites (tertiary alicyclic amines) is 1. The van der Waals surface area contributed by atoms with Crippen LogP contribution in [-0.2, 0) is 17.8 Å². The van der Waals surface area contributed by atoms with Crippen LogP contribution >= 0.6 is 0 Å². The lowest BCUT2D eigenvalue weighted by molar-refractivity contribution is -0.0951. The molecule has 1 aromatic carbocycles. The molecular weight excluding hydrogens is 300 g/mol. The summed E-state index contributed by atoms with van der Waals surface area (Å²) in [5.41, 5.74) is 1.34. The van der Waals surface area contributed by atoms with Gasteiger partial charge in [-0.15, -0.1) is 0 Å². The average molecular weight is 326 g/mol. The SMILES string of the molecule is CN1CCOC2(CCN(Cc3nccn3Cc3ccccc3)C2)C1. The molecule has 2 fully saturated rings. The molecule has 1 unspecified atom stereocenters. The van der Waals surface area contributed by atoms with Gasteiger partial charge in [-0.25, -0.2) is 4.98 Å². The van der Waals surface area contributed by atoms with Gasteiger partial charge in [-0.05, 0) is 19.0 Å². The van der Waals surface area contributed by atoms with E-state index in [1.165, 1.54) is 5.56 Å². The lowest BCUT2D eigenvalue weighted by Gasteiger charge is -2.38. The highest BCUT2D eigenvalue weighted by molar-refractivity contribution is 5.16. The summed E-state index contributed by atoms with van der Waals surface area (Å²) in [6, 6.07) is 10.6. The minimum Gasteiger partial charge on any atom is -0.371 e. The number of hydrogen-bond acceptors (Lipinski definition) is 4. The number of imidazole rings is 1. The van der Waals surface area contributed by atoms with Crippen LogP contribution < -0.4 is 0 Å². The molecule has 2 saturated heterocycles. The number of likely N-dealkylation sites (N-methyl/N-ethyl adjacent to an activating group) is 1. The van der Waals surface area contributed by atoms with Crippen molar-refractivity contribution < 1.29 is 4.74 Å². The summed E-state index contributed by atoms with van der Waals surface area (Å²) in [6.07, 6.45) is 5.12. The predicted octanol–water partition coefficient (Wildman–Crippen LogP) is 1.84. The Hall–Kier alpha value is -1.69. The van der Waals surface area contributed by atoms with E-state index in [2.05, 4.69) is 62.9 Å². The van der Waals surface area contributed by atoms with Crippen LogP contribution in [0.3, 0.4) is 0 Å². The maximum absolute atomic E-state index is 6.16. The van der Waals surface area contributed by atoms with Crippen molar-refractivity contribution in [2.45, 2.75) is 25.1 Å². The maximum atomic E-state index is 6.16. The third kappa shape index (κ3) is 3.38. The zero-order valence-corrected chi connectivity index (χ0v) is 14.4. The summed E-state index contributed by atoms with van der Waals surface area (Å²) in [5, 5.41) is 0. The van der Waals surface area contributed by atoms with Crippen LogP contribution in [0.2, 0.25) is 0 Å². The molecular formula is C19H26N4O. The van der Waals surface area contributed by atoms with Gasteiger partial charge in [0.1, 0.15) is 5.82 Å². The van der Waals surface area contributed by atoms with Gasteiger partial charge in [0.2, 0.25) is 0 Å². The maximum Gasteiger partial charge on any atom is 0.123 e. The molecule has 0 N–H and O–H groups in total. The Balaban J connectivity index is 1.41. The molecule has 2 aromatic rings. The standard InChI is InChI=1S/C19H26N4O/c1-21-11-12-24-19(15-21)7-9-22(16-19)14-18-20-8-10-23(18)13-17-5-3-2-4-6-17/h2-6,8,10H,7,9,11-16H2,1H3. The molecule has 2 aliphatic rings. The Kier molecular flexibility index (Phi) is 4.39. The molecule has 1 atom stereocenters. The van der Waals surface area contributed by atoms with E-state index in [1.807, 2.05) is 6.20 Å². The minimum atomic E-state index is 0.0316. The fourth-order valence-corrected chi connectivity index (χ4v) is 3.96. The summed E-state index contributed by atoms with van der Waals surface area (Å²) in [7, 11) is 2.19. The fourth-order valence-electron chi connectivity index (χ4n) is 3.96. The molecule has 1 aromatic heterocycles. The van der Waals surface area contributed by atoms with Gasteiger partial charge in [-0.1, -0.05) is 30.3 Å². The van der Waals surface area contributed by atoms with Crippen molar-refractivity contribution >= 4 is 0 Å². The first-order valence-corrected chi connectivity index (χ1v) is 8.81. The molecule has 0 saturated carbocycles. The van der Waals surface area contributed by atoms with Crippen molar-refractivity contribution in [3.8, 4) is 0 Å². The van der Waals surface area contributed by atoms with Crippen LogP contribution in [0, 0.1) is 0 Å². The summed E-state index contributed by atoms with van der Waals surface area (Å²) >= 11 is 0. The van der Waals surface area contributed by atoms with Crippen molar-refractivity contribution in [1.29, 1.82) is 0 Å². The molecule has 4 rings (SSSR count). The van der Waals surface area contributed by atoms with Crippen LogP contribution in [0.4, 0.5) is 0 Å². The van der Waals surface area contributed by atoms with Crippen molar-refractivity contribution in [2.75, 3.05) is 39.8 Å². The summed E-state index contributed by atoms with van der Waals surface area (Å²) in [5.74, 6) is 1.14. The number of nitrogens with zero attached hydrogens (tertiary/aromatic N) is 4. The second-order valence-corrected chi connectivity index (χ2v) is 7.19. The third-order valence-corrected chi connectivity index (χ3v) is 5.20. The monoisotopic (exact) mass is 326 g/mol. The van der Waals surface area contributed by atoms with Crippen molar-refractivity contribution in [3.63, 3.8) is 0 Å². The third-order valence-electron chi connectivity index (χ3n) is 5.20. The number of morpholine rings is 1. The molecule has 128 valence electrons. The number of rotatable bonds is 4. The molecule has 0 aliphatic carbocycles. The molecule has 0 radical (unpaired) electrons. The van der Waals surface area contributed by atoms with E-state index in [4.69, 9.17) is 4.74 Å². The van der Waals surface area contributed by atoms with E-state index < -0.39 is 0 Å². The van der Waals surface area contributed by atoms with Gasteiger partial charge < -0.3 is 14.2 Å². The van der Waals surface area contributed by atoms with E-state index in [9.17, 15) is 0 Å². The number of benzene rings is 1. The Bertz CT molecular complexity index is 671. The van der Waals surface area contributed by atoms with Gasteiger partial charge in [0, 0.05) is 45.1 Å². The van der Waals surface area contributed by atoms with Crippen LogP contribution in [0.1, 0.15) is 17.8 Å². The van der Waals surface area contributed by atoms with E-state index in [1.54, 1.807) is 0 Å². The summed E-state index contributed by atoms with van der Waals surface area (Å²) in [4.78, 5) is 9.48. The van der Waals surface area contributed by atoms with Gasteiger partial charge >= 0.3 is 0 Å². The van der Waals surface area contributed by atoms with E-state index in [0.717, 1.165) is 58.1 Å². The number of aromatic nitrogens is 2. The van der Waals surface area contributed by atoms with Gasteiger partial charge in [-0.3, -0.25) is 4.90 Å². The van der Waals surface area contributed by atoms with Crippen LogP contribution in [0.25, 0.3) is 0 Å². The first-order chi connectivity index (χ1) is 11.7. The lowest BCUT2D eigenvalue weighted by atomic mass is 10.0.